The van der Waals surface area contributed by atoms with E-state index in [4.69, 9.17) is 0 Å². The molecule has 0 radical (unpaired) electrons. The van der Waals surface area contributed by atoms with Crippen LogP contribution >= 0.6 is 0 Å². The SMILES string of the molecule is CC(=O)c1cc(C)c2c(c1)C(C)(C)C(C)(C)C2(C)C. The van der Waals surface area contributed by atoms with Crippen LogP contribution in [0.25, 0.3) is 0 Å². The van der Waals surface area contributed by atoms with Crippen LogP contribution in [-0.4, -0.2) is 5.78 Å². The standard InChI is InChI=1S/C18H26O/c1-11-9-13(12(2)19)10-14-15(11)17(5,6)18(7,8)16(14,3)4/h9-10H,1-8H3. The molecule has 1 aliphatic carbocycles. The van der Waals surface area contributed by atoms with E-state index in [2.05, 4.69) is 60.6 Å². The van der Waals surface area contributed by atoms with E-state index in [9.17, 15) is 4.79 Å². The minimum atomic E-state index is 0.0715. The Hall–Kier alpha value is -1.11. The lowest BCUT2D eigenvalue weighted by Gasteiger charge is -2.44. The first-order chi connectivity index (χ1) is 8.44. The first kappa shape index (κ1) is 14.3. The third-order valence-corrected chi connectivity index (χ3v) is 6.17. The molecule has 0 saturated carbocycles. The minimum absolute atomic E-state index is 0.0715. The predicted octanol–water partition coefficient (Wildman–Crippen LogP) is 4.79. The van der Waals surface area contributed by atoms with Gasteiger partial charge in [-0.25, -0.2) is 0 Å². The topological polar surface area (TPSA) is 17.1 Å². The summed E-state index contributed by atoms with van der Waals surface area (Å²) in [5.74, 6) is 0.157. The lowest BCUT2D eigenvalue weighted by atomic mass is 9.59. The molecular formula is C18H26O. The molecule has 0 aromatic heterocycles. The Balaban J connectivity index is 2.86. The van der Waals surface area contributed by atoms with Crippen LogP contribution in [0.4, 0.5) is 0 Å². The summed E-state index contributed by atoms with van der Waals surface area (Å²) in [6.45, 7) is 17.8. The van der Waals surface area contributed by atoms with Crippen LogP contribution in [0.2, 0.25) is 0 Å². The van der Waals surface area contributed by atoms with E-state index in [1.165, 1.54) is 16.7 Å². The number of Topliss-reactive ketones (excluding diaryl/α,β-unsaturated/α-hetero) is 1. The number of carbonyl (C=O) groups excluding carboxylic acids is 1. The molecule has 2 rings (SSSR count). The van der Waals surface area contributed by atoms with Crippen LogP contribution in [-0.2, 0) is 10.8 Å². The molecule has 1 aromatic carbocycles. The lowest BCUT2D eigenvalue weighted by Crippen LogP contribution is -2.42. The third-order valence-electron chi connectivity index (χ3n) is 6.17. The Morgan fingerprint density at radius 1 is 0.947 bits per heavy atom. The molecule has 19 heavy (non-hydrogen) atoms. The van der Waals surface area contributed by atoms with Crippen molar-refractivity contribution >= 4 is 5.78 Å². The maximum Gasteiger partial charge on any atom is 0.159 e. The molecule has 0 atom stereocenters. The fraction of sp³-hybridized carbons (Fsp3) is 0.611. The highest BCUT2D eigenvalue weighted by molar-refractivity contribution is 5.94. The van der Waals surface area contributed by atoms with Crippen LogP contribution in [0.5, 0.6) is 0 Å². The highest BCUT2D eigenvalue weighted by Gasteiger charge is 2.57. The summed E-state index contributed by atoms with van der Waals surface area (Å²) in [7, 11) is 0. The number of benzene rings is 1. The van der Waals surface area contributed by atoms with E-state index in [1.54, 1.807) is 6.92 Å². The van der Waals surface area contributed by atoms with Crippen LogP contribution < -0.4 is 0 Å². The van der Waals surface area contributed by atoms with Gasteiger partial charge >= 0.3 is 0 Å². The van der Waals surface area contributed by atoms with Gasteiger partial charge in [0, 0.05) is 5.56 Å². The van der Waals surface area contributed by atoms with Crippen LogP contribution in [0.15, 0.2) is 12.1 Å². The molecule has 0 bridgehead atoms. The van der Waals surface area contributed by atoms with Gasteiger partial charge in [0.05, 0.1) is 0 Å². The van der Waals surface area contributed by atoms with Gasteiger partial charge in [-0.2, -0.15) is 0 Å². The molecule has 0 unspecified atom stereocenters. The molecule has 104 valence electrons. The van der Waals surface area contributed by atoms with Gasteiger partial charge in [0.25, 0.3) is 0 Å². The van der Waals surface area contributed by atoms with Crippen LogP contribution in [0.1, 0.15) is 75.5 Å². The number of hydrogen-bond acceptors (Lipinski definition) is 1. The zero-order chi connectivity index (χ0) is 14.8. The van der Waals surface area contributed by atoms with Crippen molar-refractivity contribution in [3.8, 4) is 0 Å². The zero-order valence-corrected chi connectivity index (χ0v) is 13.6. The summed E-state index contributed by atoms with van der Waals surface area (Å²) >= 11 is 0. The molecule has 0 heterocycles. The summed E-state index contributed by atoms with van der Waals surface area (Å²) < 4.78 is 0. The summed E-state index contributed by atoms with van der Waals surface area (Å²) in [4.78, 5) is 11.7. The number of fused-ring (bicyclic) bond motifs is 1. The smallest absolute Gasteiger partial charge is 0.159 e. The van der Waals surface area contributed by atoms with Gasteiger partial charge in [-0.1, -0.05) is 41.5 Å². The van der Waals surface area contributed by atoms with Gasteiger partial charge in [0.2, 0.25) is 0 Å². The molecule has 1 heteroatoms. The van der Waals surface area contributed by atoms with E-state index >= 15 is 0 Å². The van der Waals surface area contributed by atoms with Gasteiger partial charge in [-0.05, 0) is 58.9 Å². The second-order valence-corrected chi connectivity index (χ2v) is 7.65. The quantitative estimate of drug-likeness (QED) is 0.662. The van der Waals surface area contributed by atoms with Gasteiger partial charge in [-0.15, -0.1) is 0 Å². The average Bonchev–Trinajstić information content (AvgIpc) is 2.35. The van der Waals surface area contributed by atoms with E-state index < -0.39 is 0 Å². The second kappa shape index (κ2) is 3.71. The minimum Gasteiger partial charge on any atom is -0.295 e. The molecule has 1 nitrogen and oxygen atoms in total. The number of rotatable bonds is 1. The maximum absolute atomic E-state index is 11.7. The number of aryl methyl sites for hydroxylation is 1. The van der Waals surface area contributed by atoms with Crippen molar-refractivity contribution in [2.24, 2.45) is 5.41 Å². The monoisotopic (exact) mass is 258 g/mol. The Labute approximate surface area is 117 Å². The largest absolute Gasteiger partial charge is 0.295 e. The molecule has 0 aliphatic heterocycles. The maximum atomic E-state index is 11.7. The van der Waals surface area contributed by atoms with Crippen LogP contribution in [0.3, 0.4) is 0 Å². The van der Waals surface area contributed by atoms with Crippen molar-refractivity contribution in [2.75, 3.05) is 0 Å². The van der Waals surface area contributed by atoms with E-state index in [-0.39, 0.29) is 22.0 Å². The average molecular weight is 258 g/mol. The van der Waals surface area contributed by atoms with Crippen LogP contribution in [0, 0.1) is 12.3 Å². The molecule has 1 aromatic rings. The predicted molar refractivity (Wildman–Crippen MR) is 81.0 cm³/mol. The van der Waals surface area contributed by atoms with Gasteiger partial charge in [0.1, 0.15) is 0 Å². The molecule has 0 fully saturated rings. The normalized spacial score (nSPS) is 22.1. The summed E-state index contributed by atoms with van der Waals surface area (Å²) in [5.41, 5.74) is 5.24. The Kier molecular flexibility index (Phi) is 2.80. The first-order valence-corrected chi connectivity index (χ1v) is 7.11. The second-order valence-electron chi connectivity index (χ2n) is 7.65. The highest BCUT2D eigenvalue weighted by Crippen LogP contribution is 2.62. The fourth-order valence-electron chi connectivity index (χ4n) is 3.74. The van der Waals surface area contributed by atoms with Gasteiger partial charge < -0.3 is 0 Å². The van der Waals surface area contributed by atoms with E-state index in [1.807, 2.05) is 0 Å². The first-order valence-electron chi connectivity index (χ1n) is 7.11. The number of hydrogen-bond donors (Lipinski definition) is 0. The molecular weight excluding hydrogens is 232 g/mol. The van der Waals surface area contributed by atoms with Crippen molar-refractivity contribution in [3.05, 3.63) is 34.4 Å². The fourth-order valence-corrected chi connectivity index (χ4v) is 3.74. The number of carbonyl (C=O) groups is 1. The molecule has 0 amide bonds. The summed E-state index contributed by atoms with van der Waals surface area (Å²) in [5, 5.41) is 0. The van der Waals surface area contributed by atoms with Crippen molar-refractivity contribution < 1.29 is 4.79 Å². The molecule has 0 saturated heterocycles. The Morgan fingerprint density at radius 3 is 1.95 bits per heavy atom. The molecule has 0 N–H and O–H groups in total. The zero-order valence-electron chi connectivity index (χ0n) is 13.6. The summed E-state index contributed by atoms with van der Waals surface area (Å²) in [6, 6.07) is 4.18. The Morgan fingerprint density at radius 2 is 1.47 bits per heavy atom. The Bertz CT molecular complexity index is 559. The van der Waals surface area contributed by atoms with E-state index in [0.717, 1.165) is 5.56 Å². The lowest BCUT2D eigenvalue weighted by molar-refractivity contribution is 0.101. The van der Waals surface area contributed by atoms with Crippen molar-refractivity contribution in [1.82, 2.24) is 0 Å². The van der Waals surface area contributed by atoms with Gasteiger partial charge in [-0.3, -0.25) is 4.79 Å². The molecule has 1 aliphatic rings. The van der Waals surface area contributed by atoms with Crippen molar-refractivity contribution in [1.29, 1.82) is 0 Å². The highest BCUT2D eigenvalue weighted by atomic mass is 16.1. The van der Waals surface area contributed by atoms with Crippen molar-refractivity contribution in [2.45, 2.75) is 66.2 Å². The van der Waals surface area contributed by atoms with E-state index in [0.29, 0.717) is 0 Å². The van der Waals surface area contributed by atoms with Crippen molar-refractivity contribution in [3.63, 3.8) is 0 Å². The number of ketones is 1. The summed E-state index contributed by atoms with van der Waals surface area (Å²) in [6.07, 6.45) is 0. The molecule has 0 spiro atoms. The van der Waals surface area contributed by atoms with Gasteiger partial charge in [0.15, 0.2) is 5.78 Å². The third kappa shape index (κ3) is 1.57.